The summed E-state index contributed by atoms with van der Waals surface area (Å²) in [6.45, 7) is 20.5. The van der Waals surface area contributed by atoms with Crippen LogP contribution in [0.2, 0.25) is 0 Å². The zero-order valence-electron chi connectivity index (χ0n) is 24.3. The molecule has 0 saturated heterocycles. The van der Waals surface area contributed by atoms with Crippen LogP contribution in [0.15, 0.2) is 103 Å². The normalized spacial score (nSPS) is 13.0. The Morgan fingerprint density at radius 1 is 0.270 bits per heavy atom. The first-order chi connectivity index (χ1) is 17.2. The van der Waals surface area contributed by atoms with Crippen molar-refractivity contribution in [1.82, 2.24) is 0 Å². The average Bonchev–Trinajstić information content (AvgIpc) is 2.85. The van der Waals surface area contributed by atoms with Gasteiger partial charge in [0, 0.05) is 0 Å². The van der Waals surface area contributed by atoms with E-state index in [1.54, 1.807) is 0 Å². The van der Waals surface area contributed by atoms with Crippen LogP contribution in [-0.2, 0) is 21.7 Å². The van der Waals surface area contributed by atoms with Crippen molar-refractivity contribution in [1.29, 1.82) is 0 Å². The van der Waals surface area contributed by atoms with Gasteiger partial charge in [0.25, 0.3) is 0 Å². The molecule has 0 heteroatoms. The van der Waals surface area contributed by atoms with Crippen LogP contribution < -0.4 is 0 Å². The fraction of sp³-hybridized carbons (Fsp3) is 0.351. The highest BCUT2D eigenvalue weighted by Crippen LogP contribution is 2.46. The summed E-state index contributed by atoms with van der Waals surface area (Å²) in [6, 6.07) is 39.0. The van der Waals surface area contributed by atoms with Crippen LogP contribution in [-0.4, -0.2) is 0 Å². The average molecular weight is 489 g/mol. The monoisotopic (exact) mass is 488 g/mol. The molecule has 0 amide bonds. The van der Waals surface area contributed by atoms with Gasteiger partial charge < -0.3 is 0 Å². The molecule has 0 aromatic heterocycles. The van der Waals surface area contributed by atoms with Gasteiger partial charge in [0.2, 0.25) is 0 Å². The van der Waals surface area contributed by atoms with E-state index in [9.17, 15) is 0 Å². The summed E-state index contributed by atoms with van der Waals surface area (Å²) in [6.07, 6.45) is 0. The quantitative estimate of drug-likeness (QED) is 0.251. The van der Waals surface area contributed by atoms with E-state index in [1.165, 1.54) is 38.9 Å². The zero-order valence-corrected chi connectivity index (χ0v) is 24.3. The van der Waals surface area contributed by atoms with Crippen LogP contribution >= 0.6 is 0 Å². The summed E-state index contributed by atoms with van der Waals surface area (Å²) in [5.74, 6) is 0. The topological polar surface area (TPSA) is 0 Å². The molecule has 37 heavy (non-hydrogen) atoms. The molecule has 0 aliphatic rings. The summed E-state index contributed by atoms with van der Waals surface area (Å²) < 4.78 is 0. The van der Waals surface area contributed by atoms with Crippen LogP contribution in [0.4, 0.5) is 0 Å². The molecule has 0 heterocycles. The minimum absolute atomic E-state index is 0.108. The fourth-order valence-corrected chi connectivity index (χ4v) is 5.35. The van der Waals surface area contributed by atoms with Crippen molar-refractivity contribution in [3.8, 4) is 0 Å². The van der Waals surface area contributed by atoms with Gasteiger partial charge in [0.05, 0.1) is 5.41 Å². The molecule has 0 nitrogen and oxygen atoms in total. The predicted molar refractivity (Wildman–Crippen MR) is 161 cm³/mol. The minimum Gasteiger partial charge on any atom is -0.0622 e. The van der Waals surface area contributed by atoms with E-state index >= 15 is 0 Å². The van der Waals surface area contributed by atoms with Crippen LogP contribution in [0.3, 0.4) is 0 Å². The van der Waals surface area contributed by atoms with Gasteiger partial charge in [-0.1, -0.05) is 165 Å². The second-order valence-electron chi connectivity index (χ2n) is 13.6. The van der Waals surface area contributed by atoms with E-state index in [0.717, 1.165) is 0 Å². The van der Waals surface area contributed by atoms with Gasteiger partial charge in [0.1, 0.15) is 0 Å². The summed E-state index contributed by atoms with van der Waals surface area (Å²) in [7, 11) is 0. The number of benzene rings is 4. The van der Waals surface area contributed by atoms with E-state index in [0.29, 0.717) is 0 Å². The van der Waals surface area contributed by atoms with Crippen molar-refractivity contribution in [2.45, 2.75) is 84.0 Å². The van der Waals surface area contributed by atoms with Gasteiger partial charge in [0.15, 0.2) is 0 Å². The molecule has 0 N–H and O–H groups in total. The number of hydrogen-bond acceptors (Lipinski definition) is 0. The molecule has 0 atom stereocenters. The Balaban J connectivity index is 2.05. The van der Waals surface area contributed by atoms with Gasteiger partial charge in [-0.3, -0.25) is 0 Å². The van der Waals surface area contributed by atoms with Gasteiger partial charge >= 0.3 is 0 Å². The maximum absolute atomic E-state index is 2.35. The largest absolute Gasteiger partial charge is 0.0701 e. The van der Waals surface area contributed by atoms with Gasteiger partial charge in [-0.05, 0) is 55.2 Å². The molecule has 4 rings (SSSR count). The molecule has 0 saturated carbocycles. The third-order valence-corrected chi connectivity index (χ3v) is 7.76. The Morgan fingerprint density at radius 3 is 0.730 bits per heavy atom. The summed E-state index contributed by atoms with van der Waals surface area (Å²) in [4.78, 5) is 0. The van der Waals surface area contributed by atoms with Crippen molar-refractivity contribution in [3.63, 3.8) is 0 Å². The van der Waals surface area contributed by atoms with Gasteiger partial charge in [-0.15, -0.1) is 0 Å². The molecule has 0 spiro atoms. The Bertz CT molecular complexity index is 1160. The van der Waals surface area contributed by atoms with E-state index < -0.39 is 5.41 Å². The smallest absolute Gasteiger partial charge is 0.0622 e. The highest BCUT2D eigenvalue weighted by molar-refractivity contribution is 5.60. The maximum atomic E-state index is 2.35. The van der Waals surface area contributed by atoms with Crippen molar-refractivity contribution in [3.05, 3.63) is 142 Å². The number of rotatable bonds is 4. The third-order valence-electron chi connectivity index (χ3n) is 7.76. The summed E-state index contributed by atoms with van der Waals surface area (Å²) >= 11 is 0. The Hall–Kier alpha value is -3.12. The zero-order chi connectivity index (χ0) is 27.1. The lowest BCUT2D eigenvalue weighted by Gasteiger charge is -2.38. The fourth-order valence-electron chi connectivity index (χ4n) is 5.35. The van der Waals surface area contributed by atoms with Crippen molar-refractivity contribution in [2.24, 2.45) is 0 Å². The van der Waals surface area contributed by atoms with Crippen LogP contribution in [0, 0.1) is 0 Å². The molecule has 0 radical (unpaired) electrons. The van der Waals surface area contributed by atoms with E-state index in [-0.39, 0.29) is 16.2 Å². The van der Waals surface area contributed by atoms with Crippen LogP contribution in [0.25, 0.3) is 0 Å². The van der Waals surface area contributed by atoms with Crippen LogP contribution in [0.5, 0.6) is 0 Å². The SMILES string of the molecule is CC(C)(C)c1ccc(C(c2ccccc2)(c2ccc(C(C)(C)C)cc2)c2ccc(C(C)(C)C)cc2)cc1. The molecular weight excluding hydrogens is 444 g/mol. The van der Waals surface area contributed by atoms with Crippen molar-refractivity contribution < 1.29 is 0 Å². The molecule has 0 aliphatic carbocycles. The second kappa shape index (κ2) is 9.64. The highest BCUT2D eigenvalue weighted by Gasteiger charge is 2.39. The Labute approximate surface area is 225 Å². The summed E-state index contributed by atoms with van der Waals surface area (Å²) in [5, 5.41) is 0. The Morgan fingerprint density at radius 2 is 0.486 bits per heavy atom. The summed E-state index contributed by atoms with van der Waals surface area (Å²) in [5.41, 5.74) is 9.11. The number of hydrogen-bond donors (Lipinski definition) is 0. The maximum Gasteiger partial charge on any atom is 0.0701 e. The first-order valence-electron chi connectivity index (χ1n) is 13.6. The van der Waals surface area contributed by atoms with Gasteiger partial charge in [-0.25, -0.2) is 0 Å². The lowest BCUT2D eigenvalue weighted by atomic mass is 9.64. The predicted octanol–water partition coefficient (Wildman–Crippen LogP) is 9.96. The first-order valence-corrected chi connectivity index (χ1v) is 13.6. The lowest BCUT2D eigenvalue weighted by molar-refractivity contribution is 0.587. The van der Waals surface area contributed by atoms with Crippen molar-refractivity contribution >= 4 is 0 Å². The minimum atomic E-state index is -0.426. The molecule has 0 fully saturated rings. The third kappa shape index (κ3) is 5.30. The molecule has 0 aliphatic heterocycles. The Kier molecular flexibility index (Phi) is 7.02. The molecule has 4 aromatic rings. The molecule has 4 aromatic carbocycles. The van der Waals surface area contributed by atoms with E-state index in [1.807, 2.05) is 0 Å². The molecule has 0 unspecified atom stereocenters. The van der Waals surface area contributed by atoms with E-state index in [2.05, 4.69) is 165 Å². The molecular formula is C37H44. The molecule has 192 valence electrons. The van der Waals surface area contributed by atoms with Crippen LogP contribution in [0.1, 0.15) is 101 Å². The second-order valence-corrected chi connectivity index (χ2v) is 13.6. The lowest BCUT2D eigenvalue weighted by Crippen LogP contribution is -2.31. The van der Waals surface area contributed by atoms with E-state index in [4.69, 9.17) is 0 Å². The highest BCUT2D eigenvalue weighted by atomic mass is 14.4. The van der Waals surface area contributed by atoms with Gasteiger partial charge in [-0.2, -0.15) is 0 Å². The van der Waals surface area contributed by atoms with Crippen molar-refractivity contribution in [2.75, 3.05) is 0 Å². The first kappa shape index (κ1) is 26.9. The molecule has 0 bridgehead atoms. The standard InChI is InChI=1S/C37H44/c1-34(2,3)27-15-21-31(22-16-27)37(30-13-11-10-12-14-30,32-23-17-28(18-24-32)35(4,5)6)33-25-19-29(20-26-33)36(7,8)9/h10-26H,1-9H3.